The minimum Gasteiger partial charge on any atom is -0.496 e. The molecule has 0 aliphatic carbocycles. The minimum absolute atomic E-state index is 0.316. The summed E-state index contributed by atoms with van der Waals surface area (Å²) in [7, 11) is 1.50. The molecule has 7 heteroatoms. The van der Waals surface area contributed by atoms with Gasteiger partial charge in [0.25, 0.3) is 5.91 Å². The molecule has 0 saturated carbocycles. The maximum Gasteiger partial charge on any atom is 0.344 e. The standard InChI is InChI=1S/C23H15BrClNO4/c1-29-21-9-6-14(24)11-18(21)22(27)26-15-7-8-16(19(25)12-15)17-10-13-4-2-3-5-20(13)30-23(17)28/h2-12H,1H3,(H,26,27). The second-order valence-electron chi connectivity index (χ2n) is 6.48. The van der Waals surface area contributed by atoms with Crippen LogP contribution in [0.3, 0.4) is 0 Å². The second kappa shape index (κ2) is 8.34. The van der Waals surface area contributed by atoms with Crippen LogP contribution in [0.5, 0.6) is 5.75 Å². The Bertz CT molecular complexity index is 1330. The Kier molecular flexibility index (Phi) is 5.61. The predicted octanol–water partition coefficient (Wildman–Crippen LogP) is 6.14. The van der Waals surface area contributed by atoms with Crippen LogP contribution in [0, 0.1) is 0 Å². The van der Waals surface area contributed by atoms with Crippen molar-refractivity contribution in [2.75, 3.05) is 12.4 Å². The SMILES string of the molecule is COc1ccc(Br)cc1C(=O)Nc1ccc(-c2cc3ccccc3oc2=O)c(Cl)c1. The number of ether oxygens (including phenoxy) is 1. The monoisotopic (exact) mass is 483 g/mol. The van der Waals surface area contributed by atoms with Gasteiger partial charge in [-0.3, -0.25) is 4.79 Å². The van der Waals surface area contributed by atoms with E-state index in [1.165, 1.54) is 7.11 Å². The van der Waals surface area contributed by atoms with Crippen molar-refractivity contribution in [1.82, 2.24) is 0 Å². The first-order chi connectivity index (χ1) is 14.5. The second-order valence-corrected chi connectivity index (χ2v) is 7.80. The Hall–Kier alpha value is -3.09. The van der Waals surface area contributed by atoms with E-state index in [0.29, 0.717) is 38.7 Å². The molecule has 1 aromatic heterocycles. The molecule has 0 aliphatic heterocycles. The lowest BCUT2D eigenvalue weighted by molar-refractivity contribution is 0.102. The number of hydrogen-bond donors (Lipinski definition) is 1. The maximum absolute atomic E-state index is 12.7. The summed E-state index contributed by atoms with van der Waals surface area (Å²) in [5.41, 5.74) is 1.77. The van der Waals surface area contributed by atoms with Crippen molar-refractivity contribution < 1.29 is 13.9 Å². The van der Waals surface area contributed by atoms with E-state index in [4.69, 9.17) is 20.8 Å². The summed E-state index contributed by atoms with van der Waals surface area (Å²) >= 11 is 9.79. The molecule has 0 saturated heterocycles. The van der Waals surface area contributed by atoms with Crippen molar-refractivity contribution in [3.8, 4) is 16.9 Å². The molecular weight excluding hydrogens is 470 g/mol. The molecule has 5 nitrogen and oxygen atoms in total. The van der Waals surface area contributed by atoms with E-state index < -0.39 is 5.63 Å². The topological polar surface area (TPSA) is 68.5 Å². The van der Waals surface area contributed by atoms with Crippen molar-refractivity contribution in [3.63, 3.8) is 0 Å². The third-order valence-corrected chi connectivity index (χ3v) is 5.37. The first-order valence-electron chi connectivity index (χ1n) is 8.94. The quantitative estimate of drug-likeness (QED) is 0.353. The fourth-order valence-corrected chi connectivity index (χ4v) is 3.76. The van der Waals surface area contributed by atoms with Crippen molar-refractivity contribution in [2.24, 2.45) is 0 Å². The van der Waals surface area contributed by atoms with E-state index in [2.05, 4.69) is 21.2 Å². The molecule has 4 aromatic rings. The highest BCUT2D eigenvalue weighted by Crippen LogP contribution is 2.31. The number of benzene rings is 3. The van der Waals surface area contributed by atoms with Gasteiger partial charge in [-0.25, -0.2) is 4.79 Å². The van der Waals surface area contributed by atoms with Gasteiger partial charge in [-0.15, -0.1) is 0 Å². The number of anilines is 1. The number of carbonyl (C=O) groups excluding carboxylic acids is 1. The van der Waals surface area contributed by atoms with Gasteiger partial charge >= 0.3 is 5.63 Å². The highest BCUT2D eigenvalue weighted by Gasteiger charge is 2.15. The minimum atomic E-state index is -0.480. The van der Waals surface area contributed by atoms with E-state index >= 15 is 0 Å². The predicted molar refractivity (Wildman–Crippen MR) is 122 cm³/mol. The molecule has 0 bridgehead atoms. The smallest absolute Gasteiger partial charge is 0.344 e. The van der Waals surface area contributed by atoms with Gasteiger partial charge in [0.15, 0.2) is 0 Å². The zero-order valence-corrected chi connectivity index (χ0v) is 18.1. The largest absolute Gasteiger partial charge is 0.496 e. The molecule has 0 spiro atoms. The number of para-hydroxylation sites is 1. The van der Waals surface area contributed by atoms with Gasteiger partial charge in [0.2, 0.25) is 0 Å². The lowest BCUT2D eigenvalue weighted by Crippen LogP contribution is -2.13. The number of fused-ring (bicyclic) bond motifs is 1. The normalized spacial score (nSPS) is 10.8. The van der Waals surface area contributed by atoms with E-state index in [9.17, 15) is 9.59 Å². The summed E-state index contributed by atoms with van der Waals surface area (Å²) in [5.74, 6) is 0.106. The molecule has 0 unspecified atom stereocenters. The number of nitrogens with one attached hydrogen (secondary N) is 1. The highest BCUT2D eigenvalue weighted by atomic mass is 79.9. The molecule has 0 atom stereocenters. The van der Waals surface area contributed by atoms with Gasteiger partial charge in [-0.05, 0) is 42.5 Å². The molecule has 150 valence electrons. The summed E-state index contributed by atoms with van der Waals surface area (Å²) in [6.45, 7) is 0. The van der Waals surface area contributed by atoms with Gasteiger partial charge in [0.05, 0.1) is 23.3 Å². The number of rotatable bonds is 4. The summed E-state index contributed by atoms with van der Waals surface area (Å²) in [6.07, 6.45) is 0. The Balaban J connectivity index is 1.66. The third kappa shape index (κ3) is 3.97. The molecule has 1 amide bonds. The van der Waals surface area contributed by atoms with E-state index in [0.717, 1.165) is 9.86 Å². The first kappa shape index (κ1) is 20.2. The number of carbonyl (C=O) groups is 1. The van der Waals surface area contributed by atoms with Crippen LogP contribution >= 0.6 is 27.5 Å². The molecule has 0 aliphatic rings. The van der Waals surface area contributed by atoms with Crippen molar-refractivity contribution in [2.45, 2.75) is 0 Å². The molecule has 4 rings (SSSR count). The fourth-order valence-electron chi connectivity index (χ4n) is 3.12. The van der Waals surface area contributed by atoms with E-state index in [1.54, 1.807) is 54.6 Å². The van der Waals surface area contributed by atoms with Crippen LogP contribution in [0.1, 0.15) is 10.4 Å². The van der Waals surface area contributed by atoms with Crippen LogP contribution in [-0.4, -0.2) is 13.0 Å². The molecule has 0 radical (unpaired) electrons. The average Bonchev–Trinajstić information content (AvgIpc) is 2.73. The number of hydrogen-bond acceptors (Lipinski definition) is 4. The van der Waals surface area contributed by atoms with Crippen LogP contribution in [0.4, 0.5) is 5.69 Å². The lowest BCUT2D eigenvalue weighted by atomic mass is 10.1. The zero-order chi connectivity index (χ0) is 21.3. The van der Waals surface area contributed by atoms with E-state index in [-0.39, 0.29) is 5.91 Å². The maximum atomic E-state index is 12.7. The van der Waals surface area contributed by atoms with Gasteiger partial charge in [0, 0.05) is 21.1 Å². The molecule has 1 heterocycles. The number of halogens is 2. The van der Waals surface area contributed by atoms with Crippen LogP contribution in [0.25, 0.3) is 22.1 Å². The fraction of sp³-hybridized carbons (Fsp3) is 0.0435. The lowest BCUT2D eigenvalue weighted by Gasteiger charge is -2.11. The number of amides is 1. The summed E-state index contributed by atoms with van der Waals surface area (Å²) in [4.78, 5) is 25.1. The molecular formula is C23H15BrClNO4. The van der Waals surface area contributed by atoms with Crippen molar-refractivity contribution in [3.05, 3.63) is 92.2 Å². The van der Waals surface area contributed by atoms with Gasteiger partial charge in [-0.1, -0.05) is 51.8 Å². The average molecular weight is 485 g/mol. The molecule has 30 heavy (non-hydrogen) atoms. The van der Waals surface area contributed by atoms with Crippen molar-refractivity contribution >= 4 is 50.1 Å². The molecule has 1 N–H and O–H groups in total. The Morgan fingerprint density at radius 3 is 2.60 bits per heavy atom. The Morgan fingerprint density at radius 1 is 1.03 bits per heavy atom. The Labute approximate surface area is 185 Å². The van der Waals surface area contributed by atoms with Crippen LogP contribution in [-0.2, 0) is 0 Å². The zero-order valence-electron chi connectivity index (χ0n) is 15.7. The van der Waals surface area contributed by atoms with E-state index in [1.807, 2.05) is 12.1 Å². The van der Waals surface area contributed by atoms with Gasteiger partial charge in [-0.2, -0.15) is 0 Å². The third-order valence-electron chi connectivity index (χ3n) is 4.56. The first-order valence-corrected chi connectivity index (χ1v) is 10.1. The highest BCUT2D eigenvalue weighted by molar-refractivity contribution is 9.10. The number of methoxy groups -OCH3 is 1. The summed E-state index contributed by atoms with van der Waals surface area (Å²) in [6, 6.07) is 19.1. The summed E-state index contributed by atoms with van der Waals surface area (Å²) in [5, 5.41) is 3.91. The van der Waals surface area contributed by atoms with Crippen LogP contribution in [0.15, 0.2) is 80.4 Å². The Morgan fingerprint density at radius 2 is 1.83 bits per heavy atom. The van der Waals surface area contributed by atoms with Gasteiger partial charge in [0.1, 0.15) is 11.3 Å². The molecule has 0 fully saturated rings. The van der Waals surface area contributed by atoms with Gasteiger partial charge < -0.3 is 14.5 Å². The summed E-state index contributed by atoms with van der Waals surface area (Å²) < 4.78 is 11.4. The van der Waals surface area contributed by atoms with Crippen LogP contribution in [0.2, 0.25) is 5.02 Å². The molecule has 3 aromatic carbocycles. The van der Waals surface area contributed by atoms with Crippen molar-refractivity contribution in [1.29, 1.82) is 0 Å². The van der Waals surface area contributed by atoms with Crippen LogP contribution < -0.4 is 15.7 Å².